The Morgan fingerprint density at radius 2 is 1.94 bits per heavy atom. The molecular weight excluding hydrogens is 201 g/mol. The first-order valence-corrected chi connectivity index (χ1v) is 6.20. The molecule has 2 heteroatoms. The lowest BCUT2D eigenvalue weighted by atomic mass is 9.81. The van der Waals surface area contributed by atoms with E-state index < -0.39 is 0 Å². The second kappa shape index (κ2) is 4.96. The number of nitrogens with two attached hydrogens (primary N) is 1. The Morgan fingerprint density at radius 3 is 2.56 bits per heavy atom. The molecule has 1 fully saturated rings. The van der Waals surface area contributed by atoms with Crippen molar-refractivity contribution >= 4 is 0 Å². The molecule has 0 heterocycles. The maximum atomic E-state index is 13.8. The van der Waals surface area contributed by atoms with Gasteiger partial charge in [0, 0.05) is 11.6 Å². The van der Waals surface area contributed by atoms with Gasteiger partial charge in [-0.2, -0.15) is 0 Å². The van der Waals surface area contributed by atoms with Crippen LogP contribution in [0.25, 0.3) is 0 Å². The quantitative estimate of drug-likeness (QED) is 0.809. The molecule has 0 radical (unpaired) electrons. The van der Waals surface area contributed by atoms with Crippen molar-refractivity contribution in [1.29, 1.82) is 0 Å². The van der Waals surface area contributed by atoms with Crippen molar-refractivity contribution in [3.63, 3.8) is 0 Å². The third kappa shape index (κ3) is 2.43. The van der Waals surface area contributed by atoms with Gasteiger partial charge >= 0.3 is 0 Å². The average molecular weight is 221 g/mol. The van der Waals surface area contributed by atoms with Crippen LogP contribution in [-0.4, -0.2) is 0 Å². The number of hydrogen-bond donors (Lipinski definition) is 1. The van der Waals surface area contributed by atoms with E-state index in [0.29, 0.717) is 11.5 Å². The number of aryl methyl sites for hydroxylation is 1. The van der Waals surface area contributed by atoms with E-state index in [1.54, 1.807) is 6.07 Å². The van der Waals surface area contributed by atoms with E-state index in [-0.39, 0.29) is 11.9 Å². The highest BCUT2D eigenvalue weighted by Crippen LogP contribution is 2.33. The Kier molecular flexibility index (Phi) is 3.59. The fraction of sp³-hybridized carbons (Fsp3) is 0.571. The third-order valence-corrected chi connectivity index (χ3v) is 3.67. The normalized spacial score (nSPS) is 19.7. The van der Waals surface area contributed by atoms with Crippen LogP contribution in [-0.2, 0) is 0 Å². The van der Waals surface area contributed by atoms with Crippen LogP contribution >= 0.6 is 0 Å². The number of halogens is 1. The molecule has 0 saturated heterocycles. The van der Waals surface area contributed by atoms with Gasteiger partial charge in [-0.1, -0.05) is 31.4 Å². The Morgan fingerprint density at radius 1 is 1.25 bits per heavy atom. The van der Waals surface area contributed by atoms with Crippen molar-refractivity contribution in [2.24, 2.45) is 11.7 Å². The lowest BCUT2D eigenvalue weighted by Crippen LogP contribution is -2.24. The van der Waals surface area contributed by atoms with Crippen LogP contribution in [0.3, 0.4) is 0 Å². The van der Waals surface area contributed by atoms with Crippen LogP contribution in [0.15, 0.2) is 18.2 Å². The van der Waals surface area contributed by atoms with Crippen LogP contribution in [0.2, 0.25) is 0 Å². The molecule has 16 heavy (non-hydrogen) atoms. The van der Waals surface area contributed by atoms with Gasteiger partial charge in [-0.25, -0.2) is 4.39 Å². The first kappa shape index (κ1) is 11.6. The molecule has 1 aliphatic carbocycles. The smallest absolute Gasteiger partial charge is 0.128 e. The van der Waals surface area contributed by atoms with E-state index in [4.69, 9.17) is 5.73 Å². The van der Waals surface area contributed by atoms with E-state index >= 15 is 0 Å². The number of rotatable bonds is 2. The van der Waals surface area contributed by atoms with Gasteiger partial charge in [-0.15, -0.1) is 0 Å². The van der Waals surface area contributed by atoms with Gasteiger partial charge in [0.2, 0.25) is 0 Å². The van der Waals surface area contributed by atoms with Gasteiger partial charge in [0.1, 0.15) is 5.82 Å². The minimum Gasteiger partial charge on any atom is -0.324 e. The molecule has 2 N–H and O–H groups in total. The van der Waals surface area contributed by atoms with E-state index in [1.807, 2.05) is 19.1 Å². The molecule has 1 aliphatic rings. The summed E-state index contributed by atoms with van der Waals surface area (Å²) in [4.78, 5) is 0. The molecule has 1 nitrogen and oxygen atoms in total. The summed E-state index contributed by atoms with van der Waals surface area (Å²) in [6.45, 7) is 1.90. The fourth-order valence-corrected chi connectivity index (χ4v) is 2.65. The van der Waals surface area contributed by atoms with Crippen LogP contribution < -0.4 is 5.73 Å². The number of hydrogen-bond acceptors (Lipinski definition) is 1. The second-order valence-corrected chi connectivity index (χ2v) is 4.95. The van der Waals surface area contributed by atoms with Crippen molar-refractivity contribution in [3.8, 4) is 0 Å². The average Bonchev–Trinajstić information content (AvgIpc) is 2.29. The van der Waals surface area contributed by atoms with Gasteiger partial charge in [0.05, 0.1) is 0 Å². The van der Waals surface area contributed by atoms with Crippen molar-refractivity contribution in [2.45, 2.75) is 45.1 Å². The molecule has 88 valence electrons. The largest absolute Gasteiger partial charge is 0.324 e. The second-order valence-electron chi connectivity index (χ2n) is 4.95. The van der Waals surface area contributed by atoms with Gasteiger partial charge in [-0.05, 0) is 37.3 Å². The molecule has 0 amide bonds. The lowest BCUT2D eigenvalue weighted by molar-refractivity contribution is 0.303. The van der Waals surface area contributed by atoms with Gasteiger partial charge in [-0.3, -0.25) is 0 Å². The molecule has 1 atom stereocenters. The van der Waals surface area contributed by atoms with Crippen molar-refractivity contribution in [2.75, 3.05) is 0 Å². The summed E-state index contributed by atoms with van der Waals surface area (Å²) in [5, 5.41) is 0. The zero-order valence-corrected chi connectivity index (χ0v) is 9.88. The van der Waals surface area contributed by atoms with E-state index in [1.165, 1.54) is 19.3 Å². The Bertz CT molecular complexity index is 356. The SMILES string of the molecule is Cc1ccc([C@@H](N)C2CCCCC2)c(F)c1. The fourth-order valence-electron chi connectivity index (χ4n) is 2.65. The standard InChI is InChI=1S/C14H20FN/c1-10-7-8-12(13(15)9-10)14(16)11-5-3-2-4-6-11/h7-9,11,14H,2-6,16H2,1H3/t14-/m0/s1. The van der Waals surface area contributed by atoms with Crippen molar-refractivity contribution < 1.29 is 4.39 Å². The van der Waals surface area contributed by atoms with Crippen LogP contribution in [0, 0.1) is 18.7 Å². The minimum atomic E-state index is -0.141. The topological polar surface area (TPSA) is 26.0 Å². The summed E-state index contributed by atoms with van der Waals surface area (Å²) in [6.07, 6.45) is 6.08. The molecule has 0 unspecified atom stereocenters. The highest BCUT2D eigenvalue weighted by atomic mass is 19.1. The first-order chi connectivity index (χ1) is 7.68. The summed E-state index contributed by atoms with van der Waals surface area (Å²) in [5.74, 6) is 0.323. The van der Waals surface area contributed by atoms with Gasteiger partial charge in [0.15, 0.2) is 0 Å². The van der Waals surface area contributed by atoms with Gasteiger partial charge in [0.25, 0.3) is 0 Å². The summed E-state index contributed by atoms with van der Waals surface area (Å²) in [5.41, 5.74) is 7.83. The van der Waals surface area contributed by atoms with E-state index in [9.17, 15) is 4.39 Å². The molecule has 1 aromatic rings. The predicted octanol–water partition coefficient (Wildman–Crippen LogP) is 3.71. The van der Waals surface area contributed by atoms with Crippen LogP contribution in [0.4, 0.5) is 4.39 Å². The summed E-state index contributed by atoms with van der Waals surface area (Å²) in [7, 11) is 0. The van der Waals surface area contributed by atoms with Crippen LogP contribution in [0.5, 0.6) is 0 Å². The Labute approximate surface area is 96.9 Å². The van der Waals surface area contributed by atoms with E-state index in [0.717, 1.165) is 18.4 Å². The maximum absolute atomic E-state index is 13.8. The first-order valence-electron chi connectivity index (χ1n) is 6.20. The number of benzene rings is 1. The summed E-state index contributed by atoms with van der Waals surface area (Å²) in [6, 6.07) is 5.25. The van der Waals surface area contributed by atoms with Crippen molar-refractivity contribution in [1.82, 2.24) is 0 Å². The molecule has 0 aromatic heterocycles. The summed E-state index contributed by atoms with van der Waals surface area (Å²) >= 11 is 0. The molecule has 1 saturated carbocycles. The zero-order valence-electron chi connectivity index (χ0n) is 9.88. The van der Waals surface area contributed by atoms with Gasteiger partial charge < -0.3 is 5.73 Å². The highest BCUT2D eigenvalue weighted by molar-refractivity contribution is 5.26. The molecule has 0 aliphatic heterocycles. The molecular formula is C14H20FN. The molecule has 0 spiro atoms. The van der Waals surface area contributed by atoms with Crippen LogP contribution in [0.1, 0.15) is 49.3 Å². The predicted molar refractivity (Wildman–Crippen MR) is 64.6 cm³/mol. The molecule has 0 bridgehead atoms. The highest BCUT2D eigenvalue weighted by Gasteiger charge is 2.23. The third-order valence-electron chi connectivity index (χ3n) is 3.67. The molecule has 2 rings (SSSR count). The summed E-state index contributed by atoms with van der Waals surface area (Å²) < 4.78 is 13.8. The zero-order chi connectivity index (χ0) is 11.5. The minimum absolute atomic E-state index is 0.124. The monoisotopic (exact) mass is 221 g/mol. The molecule has 1 aromatic carbocycles. The Hall–Kier alpha value is -0.890. The Balaban J connectivity index is 2.15. The maximum Gasteiger partial charge on any atom is 0.128 e. The lowest BCUT2D eigenvalue weighted by Gasteiger charge is -2.28. The van der Waals surface area contributed by atoms with Crippen molar-refractivity contribution in [3.05, 3.63) is 35.1 Å². The van der Waals surface area contributed by atoms with E-state index in [2.05, 4.69) is 0 Å².